The molecule has 0 spiro atoms. The molecule has 0 saturated carbocycles. The highest BCUT2D eigenvalue weighted by molar-refractivity contribution is 7.11. The number of rotatable bonds is 2. The number of nitrogens with one attached hydrogen (secondary N) is 1. The zero-order valence-electron chi connectivity index (χ0n) is 9.32. The first-order valence-electron chi connectivity index (χ1n) is 5.25. The van der Waals surface area contributed by atoms with Crippen LogP contribution in [0.4, 0.5) is 0 Å². The van der Waals surface area contributed by atoms with E-state index >= 15 is 0 Å². The van der Waals surface area contributed by atoms with Crippen LogP contribution < -0.4 is 5.32 Å². The molecule has 0 aliphatic carbocycles. The molecular formula is C11H19ClN2S. The van der Waals surface area contributed by atoms with Crippen molar-refractivity contribution in [2.24, 2.45) is 0 Å². The molecule has 0 radical (unpaired) electrons. The summed E-state index contributed by atoms with van der Waals surface area (Å²) in [6.45, 7) is 9.05. The monoisotopic (exact) mass is 246 g/mol. The summed E-state index contributed by atoms with van der Waals surface area (Å²) in [5.74, 6) is 0. The molecule has 1 N–H and O–H groups in total. The summed E-state index contributed by atoms with van der Waals surface area (Å²) in [4.78, 5) is 5.45. The van der Waals surface area contributed by atoms with Crippen LogP contribution in [0.3, 0.4) is 0 Å². The van der Waals surface area contributed by atoms with Gasteiger partial charge >= 0.3 is 0 Å². The van der Waals surface area contributed by atoms with Gasteiger partial charge in [-0.1, -0.05) is 0 Å². The maximum atomic E-state index is 3.46. The van der Waals surface area contributed by atoms with Crippen LogP contribution in [0.1, 0.15) is 16.7 Å². The van der Waals surface area contributed by atoms with Crippen LogP contribution in [0.15, 0.2) is 12.1 Å². The minimum atomic E-state index is 0. The summed E-state index contributed by atoms with van der Waals surface area (Å²) in [5.41, 5.74) is 0. The van der Waals surface area contributed by atoms with Gasteiger partial charge in [-0.2, -0.15) is 0 Å². The van der Waals surface area contributed by atoms with Crippen LogP contribution in [-0.2, 0) is 6.54 Å². The minimum Gasteiger partial charge on any atom is -0.312 e. The van der Waals surface area contributed by atoms with Gasteiger partial charge in [0.2, 0.25) is 0 Å². The van der Waals surface area contributed by atoms with Crippen molar-refractivity contribution in [1.29, 1.82) is 0 Å². The highest BCUT2D eigenvalue weighted by atomic mass is 35.5. The van der Waals surface area contributed by atoms with E-state index < -0.39 is 0 Å². The van der Waals surface area contributed by atoms with E-state index in [1.54, 1.807) is 0 Å². The molecule has 1 aliphatic rings. The largest absolute Gasteiger partial charge is 0.312 e. The average Bonchev–Trinajstić information content (AvgIpc) is 2.51. The van der Waals surface area contributed by atoms with Gasteiger partial charge in [0.25, 0.3) is 0 Å². The fourth-order valence-corrected chi connectivity index (χ4v) is 2.88. The zero-order chi connectivity index (χ0) is 9.97. The molecule has 2 rings (SSSR count). The molecule has 1 atom stereocenters. The molecule has 86 valence electrons. The summed E-state index contributed by atoms with van der Waals surface area (Å²) in [6, 6.07) is 5.11. The minimum absolute atomic E-state index is 0. The summed E-state index contributed by atoms with van der Waals surface area (Å²) in [5, 5.41) is 3.46. The first kappa shape index (κ1) is 13.0. The summed E-state index contributed by atoms with van der Waals surface area (Å²) >= 11 is 1.92. The van der Waals surface area contributed by atoms with Crippen molar-refractivity contribution in [2.45, 2.75) is 26.4 Å². The first-order valence-corrected chi connectivity index (χ1v) is 6.07. The lowest BCUT2D eigenvalue weighted by molar-refractivity contribution is 0.201. The van der Waals surface area contributed by atoms with Gasteiger partial charge in [-0.15, -0.1) is 23.7 Å². The number of nitrogens with zero attached hydrogens (tertiary/aromatic N) is 1. The summed E-state index contributed by atoms with van der Waals surface area (Å²) < 4.78 is 0. The van der Waals surface area contributed by atoms with Crippen molar-refractivity contribution in [3.8, 4) is 0 Å². The molecule has 0 bridgehead atoms. The Morgan fingerprint density at radius 2 is 2.33 bits per heavy atom. The molecule has 1 aromatic rings. The Hall–Kier alpha value is -0.0900. The van der Waals surface area contributed by atoms with Crippen LogP contribution in [0.2, 0.25) is 0 Å². The van der Waals surface area contributed by atoms with E-state index in [1.165, 1.54) is 22.8 Å². The van der Waals surface area contributed by atoms with Gasteiger partial charge in [-0.05, 0) is 26.0 Å². The molecule has 1 aromatic heterocycles. The zero-order valence-corrected chi connectivity index (χ0v) is 11.0. The molecule has 1 aliphatic heterocycles. The Morgan fingerprint density at radius 1 is 1.53 bits per heavy atom. The van der Waals surface area contributed by atoms with Gasteiger partial charge in [0.15, 0.2) is 0 Å². The maximum Gasteiger partial charge on any atom is 0.0329 e. The van der Waals surface area contributed by atoms with Crippen molar-refractivity contribution in [3.63, 3.8) is 0 Å². The highest BCUT2D eigenvalue weighted by Crippen LogP contribution is 2.17. The average molecular weight is 247 g/mol. The molecule has 1 saturated heterocycles. The van der Waals surface area contributed by atoms with Crippen LogP contribution in [0.5, 0.6) is 0 Å². The molecule has 4 heteroatoms. The number of aryl methyl sites for hydroxylation is 1. The lowest BCUT2D eigenvalue weighted by Crippen LogP contribution is -2.48. The van der Waals surface area contributed by atoms with Gasteiger partial charge in [0.05, 0.1) is 0 Å². The molecule has 2 nitrogen and oxygen atoms in total. The molecule has 0 aromatic carbocycles. The Bertz CT molecular complexity index is 301. The third kappa shape index (κ3) is 3.76. The van der Waals surface area contributed by atoms with Crippen LogP contribution in [-0.4, -0.2) is 30.6 Å². The number of halogens is 1. The van der Waals surface area contributed by atoms with Crippen molar-refractivity contribution in [2.75, 3.05) is 19.6 Å². The van der Waals surface area contributed by atoms with E-state index in [0.29, 0.717) is 6.04 Å². The molecule has 1 fully saturated rings. The smallest absolute Gasteiger partial charge is 0.0329 e. The number of piperazine rings is 1. The van der Waals surface area contributed by atoms with Gasteiger partial charge in [-0.25, -0.2) is 0 Å². The summed E-state index contributed by atoms with van der Waals surface area (Å²) in [7, 11) is 0. The number of thiophene rings is 1. The fraction of sp³-hybridized carbons (Fsp3) is 0.636. The van der Waals surface area contributed by atoms with E-state index in [2.05, 4.69) is 36.2 Å². The standard InChI is InChI=1S/C11H18N2S.ClH/c1-9-7-13(6-5-12-9)8-11-4-3-10(2)14-11;/h3-4,9,12H,5-8H2,1-2H3;1H/t9-;/m1./s1. The number of hydrogen-bond donors (Lipinski definition) is 1. The predicted octanol–water partition coefficient (Wildman–Crippen LogP) is 2.27. The van der Waals surface area contributed by atoms with Gasteiger partial charge in [-0.3, -0.25) is 4.90 Å². The molecule has 0 amide bonds. The topological polar surface area (TPSA) is 15.3 Å². The van der Waals surface area contributed by atoms with Gasteiger partial charge in [0.1, 0.15) is 0 Å². The van der Waals surface area contributed by atoms with E-state index in [1.807, 2.05) is 11.3 Å². The Labute approximate surface area is 102 Å². The van der Waals surface area contributed by atoms with Crippen molar-refractivity contribution < 1.29 is 0 Å². The second-order valence-electron chi connectivity index (χ2n) is 4.10. The van der Waals surface area contributed by atoms with E-state index in [-0.39, 0.29) is 12.4 Å². The Morgan fingerprint density at radius 3 is 2.93 bits per heavy atom. The fourth-order valence-electron chi connectivity index (χ4n) is 1.95. The molecule has 2 heterocycles. The van der Waals surface area contributed by atoms with E-state index in [4.69, 9.17) is 0 Å². The Kier molecular flexibility index (Phi) is 5.06. The molecule has 0 unspecified atom stereocenters. The number of hydrogen-bond acceptors (Lipinski definition) is 3. The van der Waals surface area contributed by atoms with Gasteiger partial charge in [0, 0.05) is 42.0 Å². The van der Waals surface area contributed by atoms with E-state index in [9.17, 15) is 0 Å². The third-order valence-electron chi connectivity index (χ3n) is 2.63. The quantitative estimate of drug-likeness (QED) is 0.862. The molecule has 15 heavy (non-hydrogen) atoms. The lowest BCUT2D eigenvalue weighted by Gasteiger charge is -2.31. The van der Waals surface area contributed by atoms with Crippen LogP contribution >= 0.6 is 23.7 Å². The SMILES string of the molecule is Cc1ccc(CN2CCN[C@H](C)C2)s1.Cl. The van der Waals surface area contributed by atoms with Gasteiger partial charge < -0.3 is 5.32 Å². The third-order valence-corrected chi connectivity index (χ3v) is 3.61. The van der Waals surface area contributed by atoms with E-state index in [0.717, 1.165) is 13.1 Å². The lowest BCUT2D eigenvalue weighted by atomic mass is 10.2. The highest BCUT2D eigenvalue weighted by Gasteiger charge is 2.15. The van der Waals surface area contributed by atoms with Crippen molar-refractivity contribution >= 4 is 23.7 Å². The second kappa shape index (κ2) is 5.85. The second-order valence-corrected chi connectivity index (χ2v) is 5.48. The van der Waals surface area contributed by atoms with Crippen molar-refractivity contribution in [1.82, 2.24) is 10.2 Å². The summed E-state index contributed by atoms with van der Waals surface area (Å²) in [6.07, 6.45) is 0. The first-order chi connectivity index (χ1) is 6.74. The van der Waals surface area contributed by atoms with Crippen LogP contribution in [0, 0.1) is 6.92 Å². The normalized spacial score (nSPS) is 22.4. The Balaban J connectivity index is 0.00000112. The van der Waals surface area contributed by atoms with Crippen molar-refractivity contribution in [3.05, 3.63) is 21.9 Å². The molecular weight excluding hydrogens is 228 g/mol. The predicted molar refractivity (Wildman–Crippen MR) is 69.0 cm³/mol. The maximum absolute atomic E-state index is 3.46. The van der Waals surface area contributed by atoms with Crippen LogP contribution in [0.25, 0.3) is 0 Å².